The first-order valence-corrected chi connectivity index (χ1v) is 15.4. The van der Waals surface area contributed by atoms with Crippen molar-refractivity contribution in [2.75, 3.05) is 19.6 Å². The molecule has 2 aromatic heterocycles. The molecule has 8 nitrogen and oxygen atoms in total. The van der Waals surface area contributed by atoms with Gasteiger partial charge in [-0.1, -0.05) is 29.3 Å². The number of nitrogens with one attached hydrogen (secondary N) is 1. The van der Waals surface area contributed by atoms with Crippen LogP contribution in [0.4, 0.5) is 0 Å². The summed E-state index contributed by atoms with van der Waals surface area (Å²) >= 11 is 12.7. The van der Waals surface area contributed by atoms with E-state index in [4.69, 9.17) is 28.2 Å². The summed E-state index contributed by atoms with van der Waals surface area (Å²) in [5, 5.41) is 5.69. The van der Waals surface area contributed by atoms with Crippen LogP contribution in [0.15, 0.2) is 47.5 Å². The molecule has 2 amide bonds. The maximum Gasteiger partial charge on any atom is 0.261 e. The Kier molecular flexibility index (Phi) is 8.45. The van der Waals surface area contributed by atoms with Gasteiger partial charge in [0.15, 0.2) is 0 Å². The number of fused-ring (bicyclic) bond motifs is 3. The lowest BCUT2D eigenvalue weighted by atomic mass is 9.94. The van der Waals surface area contributed by atoms with Crippen LogP contribution in [0.1, 0.15) is 60.1 Å². The number of rotatable bonds is 7. The number of aromatic nitrogens is 3. The number of nitrogens with zero attached hydrogens (tertiary/aromatic N) is 4. The van der Waals surface area contributed by atoms with E-state index in [-0.39, 0.29) is 17.4 Å². The van der Waals surface area contributed by atoms with Gasteiger partial charge in [-0.25, -0.2) is 4.98 Å². The van der Waals surface area contributed by atoms with E-state index in [1.807, 2.05) is 11.0 Å². The summed E-state index contributed by atoms with van der Waals surface area (Å²) < 4.78 is 1.66. The second kappa shape index (κ2) is 12.4. The predicted molar refractivity (Wildman–Crippen MR) is 165 cm³/mol. The maximum absolute atomic E-state index is 12.9. The first-order valence-electron chi connectivity index (χ1n) is 14.7. The fourth-order valence-electron chi connectivity index (χ4n) is 6.11. The van der Waals surface area contributed by atoms with Gasteiger partial charge in [-0.2, -0.15) is 0 Å². The Labute approximate surface area is 254 Å². The van der Waals surface area contributed by atoms with Crippen molar-refractivity contribution in [2.45, 2.75) is 57.9 Å². The molecular weight excluding hydrogens is 573 g/mol. The Bertz CT molecular complexity index is 1730. The van der Waals surface area contributed by atoms with Crippen LogP contribution in [-0.2, 0) is 24.2 Å². The van der Waals surface area contributed by atoms with E-state index in [2.05, 4.69) is 10.3 Å². The zero-order valence-electron chi connectivity index (χ0n) is 23.4. The normalized spacial score (nSPS) is 15.6. The molecule has 1 aliphatic carbocycles. The molecule has 2 aromatic carbocycles. The monoisotopic (exact) mass is 605 g/mol. The highest BCUT2D eigenvalue weighted by Crippen LogP contribution is 2.33. The van der Waals surface area contributed by atoms with Gasteiger partial charge in [0.25, 0.3) is 11.5 Å². The van der Waals surface area contributed by atoms with Crippen LogP contribution < -0.4 is 10.9 Å². The molecule has 1 saturated heterocycles. The zero-order chi connectivity index (χ0) is 29.2. The second-order valence-corrected chi connectivity index (χ2v) is 12.2. The minimum atomic E-state index is -0.178. The third-order valence-corrected chi connectivity index (χ3v) is 9.18. The number of piperidine rings is 1. The summed E-state index contributed by atoms with van der Waals surface area (Å²) in [7, 11) is 0. The summed E-state index contributed by atoms with van der Waals surface area (Å²) in [5.41, 5.74) is 4.01. The van der Waals surface area contributed by atoms with Gasteiger partial charge < -0.3 is 10.2 Å². The van der Waals surface area contributed by atoms with Gasteiger partial charge in [-0.05, 0) is 86.8 Å². The van der Waals surface area contributed by atoms with E-state index in [1.165, 1.54) is 0 Å². The van der Waals surface area contributed by atoms with E-state index < -0.39 is 0 Å². The third kappa shape index (κ3) is 6.01. The highest BCUT2D eigenvalue weighted by Gasteiger charge is 2.23. The van der Waals surface area contributed by atoms with Crippen LogP contribution in [0.25, 0.3) is 21.8 Å². The average molecular weight is 607 g/mol. The highest BCUT2D eigenvalue weighted by atomic mass is 35.5. The van der Waals surface area contributed by atoms with Crippen molar-refractivity contribution >= 4 is 56.8 Å². The average Bonchev–Trinajstić information content (AvgIpc) is 3.00. The topological polar surface area (TPSA) is 97.2 Å². The molecule has 4 aromatic rings. The molecule has 0 atom stereocenters. The molecule has 0 saturated carbocycles. The standard InChI is InChI=1S/C32H33Cl2N5O3/c33-22-8-10-25-27(17-22)36-19-39(32(25)42)18-20-11-14-38(15-12-20)29(40)6-3-13-35-31(41)21-7-9-24-28(16-21)37-26-5-2-1-4-23(26)30(24)34/h7-10,16-17,19-20H,1-6,11-15,18H2,(H,35,41). The van der Waals surface area contributed by atoms with Gasteiger partial charge in [-0.15, -0.1) is 0 Å². The van der Waals surface area contributed by atoms with E-state index in [0.717, 1.165) is 65.7 Å². The lowest BCUT2D eigenvalue weighted by molar-refractivity contribution is -0.132. The Morgan fingerprint density at radius 1 is 0.976 bits per heavy atom. The van der Waals surface area contributed by atoms with Crippen molar-refractivity contribution < 1.29 is 9.59 Å². The van der Waals surface area contributed by atoms with Gasteiger partial charge in [-0.3, -0.25) is 23.9 Å². The number of aryl methyl sites for hydroxylation is 1. The van der Waals surface area contributed by atoms with Crippen LogP contribution in [0.2, 0.25) is 10.0 Å². The molecule has 2 aliphatic rings. The van der Waals surface area contributed by atoms with Crippen molar-refractivity contribution in [3.05, 3.63) is 79.9 Å². The number of likely N-dealkylation sites (tertiary alicyclic amines) is 1. The first kappa shape index (κ1) is 28.6. The van der Waals surface area contributed by atoms with Crippen molar-refractivity contribution in [1.82, 2.24) is 24.8 Å². The minimum absolute atomic E-state index is 0.0696. The number of benzene rings is 2. The quantitative estimate of drug-likeness (QED) is 0.277. The predicted octanol–water partition coefficient (Wildman–Crippen LogP) is 5.58. The number of pyridine rings is 1. The van der Waals surface area contributed by atoms with Crippen LogP contribution in [0, 0.1) is 5.92 Å². The lowest BCUT2D eigenvalue weighted by Crippen LogP contribution is -2.40. The number of carbonyl (C=O) groups is 2. The van der Waals surface area contributed by atoms with Crippen LogP contribution in [-0.4, -0.2) is 50.9 Å². The van der Waals surface area contributed by atoms with Gasteiger partial charge in [0, 0.05) is 54.3 Å². The fraction of sp³-hybridized carbons (Fsp3) is 0.406. The molecular formula is C32H33Cl2N5O3. The first-order chi connectivity index (χ1) is 20.4. The Balaban J connectivity index is 0.961. The molecule has 0 spiro atoms. The van der Waals surface area contributed by atoms with Crippen LogP contribution >= 0.6 is 23.2 Å². The molecule has 0 bridgehead atoms. The van der Waals surface area contributed by atoms with Crippen molar-refractivity contribution in [3.8, 4) is 0 Å². The summed E-state index contributed by atoms with van der Waals surface area (Å²) in [4.78, 5) is 49.6. The number of carbonyl (C=O) groups excluding carboxylic acids is 2. The van der Waals surface area contributed by atoms with Crippen LogP contribution in [0.5, 0.6) is 0 Å². The molecule has 3 heterocycles. The summed E-state index contributed by atoms with van der Waals surface area (Å²) in [6.07, 6.45) is 8.31. The Morgan fingerprint density at radius 2 is 1.76 bits per heavy atom. The molecule has 10 heteroatoms. The molecule has 0 unspecified atom stereocenters. The van der Waals surface area contributed by atoms with E-state index in [1.54, 1.807) is 41.2 Å². The molecule has 6 rings (SSSR count). The third-order valence-electron chi connectivity index (χ3n) is 8.52. The summed E-state index contributed by atoms with van der Waals surface area (Å²) in [6, 6.07) is 10.6. The zero-order valence-corrected chi connectivity index (χ0v) is 24.9. The number of hydrogen-bond acceptors (Lipinski definition) is 5. The van der Waals surface area contributed by atoms with Crippen molar-refractivity contribution in [1.29, 1.82) is 0 Å². The van der Waals surface area contributed by atoms with Gasteiger partial charge in [0.2, 0.25) is 5.91 Å². The van der Waals surface area contributed by atoms with Gasteiger partial charge >= 0.3 is 0 Å². The minimum Gasteiger partial charge on any atom is -0.352 e. The molecule has 1 N–H and O–H groups in total. The summed E-state index contributed by atoms with van der Waals surface area (Å²) in [6.45, 7) is 2.33. The summed E-state index contributed by atoms with van der Waals surface area (Å²) in [5.74, 6) is 0.218. The van der Waals surface area contributed by atoms with Crippen molar-refractivity contribution in [3.63, 3.8) is 0 Å². The SMILES string of the molecule is O=C(NCCCC(=O)N1CCC(Cn2cnc3cc(Cl)ccc3c2=O)CC1)c1ccc2c(Cl)c3c(nc2c1)CCCC3. The van der Waals surface area contributed by atoms with Crippen LogP contribution in [0.3, 0.4) is 0 Å². The number of hydrogen-bond donors (Lipinski definition) is 1. The largest absolute Gasteiger partial charge is 0.352 e. The van der Waals surface area contributed by atoms with E-state index in [9.17, 15) is 14.4 Å². The number of amides is 2. The molecule has 1 aliphatic heterocycles. The maximum atomic E-state index is 12.9. The van der Waals surface area contributed by atoms with Gasteiger partial charge in [0.05, 0.1) is 27.8 Å². The van der Waals surface area contributed by atoms with E-state index in [0.29, 0.717) is 66.4 Å². The molecule has 42 heavy (non-hydrogen) atoms. The Morgan fingerprint density at radius 3 is 2.60 bits per heavy atom. The highest BCUT2D eigenvalue weighted by molar-refractivity contribution is 6.36. The second-order valence-electron chi connectivity index (χ2n) is 11.3. The number of halogens is 2. The molecule has 1 fully saturated rings. The fourth-order valence-corrected chi connectivity index (χ4v) is 6.64. The van der Waals surface area contributed by atoms with E-state index >= 15 is 0 Å². The lowest BCUT2D eigenvalue weighted by Gasteiger charge is -2.32. The smallest absolute Gasteiger partial charge is 0.261 e. The Hall–Kier alpha value is -3.49. The molecule has 218 valence electrons. The van der Waals surface area contributed by atoms with Gasteiger partial charge in [0.1, 0.15) is 0 Å². The molecule has 0 radical (unpaired) electrons. The van der Waals surface area contributed by atoms with Crippen molar-refractivity contribution in [2.24, 2.45) is 5.92 Å².